The zero-order valence-electron chi connectivity index (χ0n) is 24.7. The van der Waals surface area contributed by atoms with Crippen LogP contribution < -0.4 is 0 Å². The van der Waals surface area contributed by atoms with Crippen molar-refractivity contribution in [1.29, 1.82) is 0 Å². The first-order chi connectivity index (χ1) is 21.2. The average molecular weight is 627 g/mol. The van der Waals surface area contributed by atoms with Gasteiger partial charge in [0.25, 0.3) is 0 Å². The number of fused-ring (bicyclic) bond motifs is 1. The summed E-state index contributed by atoms with van der Waals surface area (Å²) in [6, 6.07) is 10.2. The van der Waals surface area contributed by atoms with Crippen LogP contribution in [-0.4, -0.2) is 81.1 Å². The van der Waals surface area contributed by atoms with Gasteiger partial charge < -0.3 is 25.2 Å². The number of ether oxygens (including phenoxy) is 1. The highest BCUT2D eigenvalue weighted by Crippen LogP contribution is 2.46. The molecule has 4 atom stereocenters. The van der Waals surface area contributed by atoms with Gasteiger partial charge in [-0.05, 0) is 90.8 Å². The molecule has 0 bridgehead atoms. The number of aliphatic carboxylic acids is 1. The standard InChI is InChI=1S/C33H39ClN2O8/c1-44-19-22-16-24-31(33(43)36(32(24)42)14-6-2-3-8-29(40)41)25(18-37)30(22)28(39)12-10-21(27-7-4-5-13-35-27)15-20-9-11-23(38)17-26(20)34/h4-5,7,9,11,13,15,17,24-25,28,31,37-39H,2-3,6,8,10,12,14,16,18-19H2,1H3,(H,40,41)/b21-15-/t24-,25+,28-,31-/m1/s1. The van der Waals surface area contributed by atoms with Gasteiger partial charge in [0.05, 0.1) is 41.9 Å². The Morgan fingerprint density at radius 2 is 1.95 bits per heavy atom. The zero-order valence-corrected chi connectivity index (χ0v) is 25.4. The first-order valence-corrected chi connectivity index (χ1v) is 15.2. The van der Waals surface area contributed by atoms with E-state index in [-0.39, 0.29) is 50.0 Å². The van der Waals surface area contributed by atoms with Crippen molar-refractivity contribution in [2.45, 2.75) is 51.0 Å². The number of rotatable bonds is 15. The van der Waals surface area contributed by atoms with Crippen LogP contribution in [0.25, 0.3) is 11.6 Å². The molecular formula is C33H39ClN2O8. The molecule has 44 heavy (non-hydrogen) atoms. The van der Waals surface area contributed by atoms with Crippen LogP contribution >= 0.6 is 11.6 Å². The van der Waals surface area contributed by atoms with Crippen molar-refractivity contribution in [1.82, 2.24) is 9.88 Å². The van der Waals surface area contributed by atoms with Crippen molar-refractivity contribution in [3.05, 3.63) is 70.0 Å². The number of aromatic nitrogens is 1. The summed E-state index contributed by atoms with van der Waals surface area (Å²) in [6.45, 7) is -0.0783. The van der Waals surface area contributed by atoms with E-state index in [1.165, 1.54) is 24.1 Å². The number of benzene rings is 1. The third-order valence-corrected chi connectivity index (χ3v) is 8.74. The number of hydrogen-bond donors (Lipinski definition) is 4. The van der Waals surface area contributed by atoms with Gasteiger partial charge in [0.2, 0.25) is 11.8 Å². The van der Waals surface area contributed by atoms with Crippen molar-refractivity contribution in [2.24, 2.45) is 17.8 Å². The fourth-order valence-corrected chi connectivity index (χ4v) is 6.60. The summed E-state index contributed by atoms with van der Waals surface area (Å²) in [5.74, 6) is -3.71. The first kappa shape index (κ1) is 33.3. The summed E-state index contributed by atoms with van der Waals surface area (Å²) in [7, 11) is 1.52. The van der Waals surface area contributed by atoms with Crippen LogP contribution in [0.5, 0.6) is 5.75 Å². The van der Waals surface area contributed by atoms with Crippen molar-refractivity contribution in [2.75, 3.05) is 26.9 Å². The molecule has 1 aliphatic heterocycles. The lowest BCUT2D eigenvalue weighted by Crippen LogP contribution is -2.39. The maximum absolute atomic E-state index is 13.6. The van der Waals surface area contributed by atoms with E-state index in [1.807, 2.05) is 18.2 Å². The summed E-state index contributed by atoms with van der Waals surface area (Å²) in [5.41, 5.74) is 3.39. The maximum atomic E-state index is 13.6. The van der Waals surface area contributed by atoms with Crippen LogP contribution in [0.3, 0.4) is 0 Å². The number of imide groups is 1. The highest BCUT2D eigenvalue weighted by Gasteiger charge is 2.54. The molecule has 1 saturated heterocycles. The van der Waals surface area contributed by atoms with E-state index < -0.39 is 36.4 Å². The van der Waals surface area contributed by atoms with Crippen molar-refractivity contribution >= 4 is 41.0 Å². The quantitative estimate of drug-likeness (QED) is 0.128. The number of methoxy groups -OCH3 is 1. The van der Waals surface area contributed by atoms with E-state index in [0.717, 1.165) is 5.57 Å². The molecule has 1 aromatic carbocycles. The topological polar surface area (TPSA) is 157 Å². The Balaban J connectivity index is 1.56. The molecular weight excluding hydrogens is 588 g/mol. The lowest BCUT2D eigenvalue weighted by atomic mass is 9.68. The Bertz CT molecular complexity index is 1410. The zero-order chi connectivity index (χ0) is 31.8. The summed E-state index contributed by atoms with van der Waals surface area (Å²) in [5, 5.41) is 41.2. The number of likely N-dealkylation sites (tertiary alicyclic amines) is 1. The molecule has 236 valence electrons. The predicted octanol–water partition coefficient (Wildman–Crippen LogP) is 4.32. The van der Waals surface area contributed by atoms with Crippen LogP contribution in [0.15, 0.2) is 53.7 Å². The number of amides is 2. The second-order valence-electron chi connectivity index (χ2n) is 11.3. The molecule has 2 aliphatic rings. The van der Waals surface area contributed by atoms with Gasteiger partial charge in [0.1, 0.15) is 5.75 Å². The molecule has 1 fully saturated rings. The van der Waals surface area contributed by atoms with Gasteiger partial charge >= 0.3 is 5.97 Å². The van der Waals surface area contributed by atoms with E-state index in [1.54, 1.807) is 18.3 Å². The molecule has 0 saturated carbocycles. The van der Waals surface area contributed by atoms with E-state index in [2.05, 4.69) is 4.98 Å². The highest BCUT2D eigenvalue weighted by molar-refractivity contribution is 6.32. The van der Waals surface area contributed by atoms with Gasteiger partial charge in [-0.2, -0.15) is 0 Å². The number of hydrogen-bond acceptors (Lipinski definition) is 8. The molecule has 0 spiro atoms. The summed E-state index contributed by atoms with van der Waals surface area (Å²) < 4.78 is 5.43. The predicted molar refractivity (Wildman–Crippen MR) is 164 cm³/mol. The van der Waals surface area contributed by atoms with Crippen molar-refractivity contribution in [3.8, 4) is 5.75 Å². The van der Waals surface area contributed by atoms with Crippen LogP contribution in [0.1, 0.15) is 56.2 Å². The van der Waals surface area contributed by atoms with Gasteiger partial charge in [0, 0.05) is 32.2 Å². The van der Waals surface area contributed by atoms with Gasteiger partial charge in [-0.15, -0.1) is 0 Å². The number of phenolic OH excluding ortho intramolecular Hbond substituents is 1. The second kappa shape index (κ2) is 15.4. The minimum atomic E-state index is -1.03. The molecule has 1 aliphatic carbocycles. The number of aliphatic hydroxyl groups excluding tert-OH is 2. The maximum Gasteiger partial charge on any atom is 0.303 e. The van der Waals surface area contributed by atoms with Crippen LogP contribution in [0.2, 0.25) is 5.02 Å². The first-order valence-electron chi connectivity index (χ1n) is 14.8. The summed E-state index contributed by atoms with van der Waals surface area (Å²) in [6.07, 6.45) is 4.91. The third kappa shape index (κ3) is 7.74. The fourth-order valence-electron chi connectivity index (χ4n) is 6.37. The largest absolute Gasteiger partial charge is 0.508 e. The minimum Gasteiger partial charge on any atom is -0.508 e. The number of nitrogens with zero attached hydrogens (tertiary/aromatic N) is 2. The van der Waals surface area contributed by atoms with E-state index in [0.29, 0.717) is 53.1 Å². The Labute approximate surface area is 261 Å². The van der Waals surface area contributed by atoms with Crippen LogP contribution in [0.4, 0.5) is 0 Å². The van der Waals surface area contributed by atoms with Crippen molar-refractivity contribution < 1.29 is 39.5 Å². The number of aromatic hydroxyl groups is 1. The molecule has 4 N–H and O–H groups in total. The molecule has 1 aromatic heterocycles. The fraction of sp³-hybridized carbons (Fsp3) is 0.455. The summed E-state index contributed by atoms with van der Waals surface area (Å²) in [4.78, 5) is 43.4. The van der Waals surface area contributed by atoms with Crippen LogP contribution in [-0.2, 0) is 19.1 Å². The van der Waals surface area contributed by atoms with E-state index in [4.69, 9.17) is 21.4 Å². The number of phenols is 1. The van der Waals surface area contributed by atoms with Crippen LogP contribution in [0, 0.1) is 17.8 Å². The normalized spacial score (nSPS) is 21.1. The number of carbonyl (C=O) groups excluding carboxylic acids is 2. The molecule has 2 heterocycles. The number of aliphatic hydroxyl groups is 2. The second-order valence-corrected chi connectivity index (χ2v) is 11.7. The van der Waals surface area contributed by atoms with E-state index >= 15 is 0 Å². The Morgan fingerprint density at radius 3 is 2.61 bits per heavy atom. The Morgan fingerprint density at radius 1 is 1.16 bits per heavy atom. The molecule has 2 amide bonds. The molecule has 4 rings (SSSR count). The number of halogens is 1. The van der Waals surface area contributed by atoms with Gasteiger partial charge in [-0.1, -0.05) is 24.1 Å². The number of unbranched alkanes of at least 4 members (excludes halogenated alkanes) is 2. The molecule has 2 aromatic rings. The number of allylic oxidation sites excluding steroid dienone is 1. The lowest BCUT2D eigenvalue weighted by Gasteiger charge is -2.36. The van der Waals surface area contributed by atoms with Gasteiger partial charge in [-0.3, -0.25) is 24.3 Å². The Kier molecular flexibility index (Phi) is 11.7. The number of carbonyl (C=O) groups is 3. The molecule has 11 heteroatoms. The SMILES string of the molecule is COCC1=C([C@H](O)CC/C(=C/c2ccc(O)cc2Cl)c2ccccn2)[C@H](CO)[C@@H]2C(=O)N(CCCCCC(=O)O)C(=O)[C@@H]2C1. The van der Waals surface area contributed by atoms with E-state index in [9.17, 15) is 29.7 Å². The third-order valence-electron chi connectivity index (χ3n) is 8.42. The van der Waals surface area contributed by atoms with Gasteiger partial charge in [0.15, 0.2) is 0 Å². The minimum absolute atomic E-state index is 0.0322. The smallest absolute Gasteiger partial charge is 0.303 e. The Hall–Kier alpha value is -3.57. The lowest BCUT2D eigenvalue weighted by molar-refractivity contribution is -0.141. The summed E-state index contributed by atoms with van der Waals surface area (Å²) >= 11 is 6.38. The molecule has 0 unspecified atom stereocenters. The average Bonchev–Trinajstić information content (AvgIpc) is 3.24. The molecule has 10 nitrogen and oxygen atoms in total. The number of pyridine rings is 1. The van der Waals surface area contributed by atoms with Crippen molar-refractivity contribution in [3.63, 3.8) is 0 Å². The monoisotopic (exact) mass is 626 g/mol. The number of carboxylic acids is 1. The van der Waals surface area contributed by atoms with Gasteiger partial charge in [-0.25, -0.2) is 0 Å². The molecule has 0 radical (unpaired) electrons. The number of carboxylic acid groups (broad SMARTS) is 1. The highest BCUT2D eigenvalue weighted by atomic mass is 35.5.